The maximum absolute atomic E-state index is 12.5. The number of carbonyl (C=O) groups is 1. The van der Waals surface area contributed by atoms with Crippen LogP contribution >= 0.6 is 0 Å². The van der Waals surface area contributed by atoms with Crippen LogP contribution in [0.4, 0.5) is 0 Å². The maximum Gasteiger partial charge on any atom is 0.222 e. The third kappa shape index (κ3) is 2.79. The van der Waals surface area contributed by atoms with Crippen LogP contribution in [0.2, 0.25) is 0 Å². The van der Waals surface area contributed by atoms with Gasteiger partial charge in [-0.25, -0.2) is 0 Å². The molecule has 2 aliphatic heterocycles. The molecule has 1 spiro atoms. The van der Waals surface area contributed by atoms with Gasteiger partial charge in [0.15, 0.2) is 0 Å². The minimum atomic E-state index is 0.260. The van der Waals surface area contributed by atoms with Gasteiger partial charge >= 0.3 is 0 Å². The van der Waals surface area contributed by atoms with Crippen molar-refractivity contribution < 1.29 is 4.79 Å². The van der Waals surface area contributed by atoms with Gasteiger partial charge in [0.2, 0.25) is 5.91 Å². The van der Waals surface area contributed by atoms with E-state index in [0.717, 1.165) is 39.0 Å². The summed E-state index contributed by atoms with van der Waals surface area (Å²) in [4.78, 5) is 14.6. The Morgan fingerprint density at radius 3 is 2.89 bits per heavy atom. The van der Waals surface area contributed by atoms with Crippen molar-refractivity contribution in [3.05, 3.63) is 0 Å². The summed E-state index contributed by atoms with van der Waals surface area (Å²) in [5.41, 5.74) is 6.47. The molecule has 1 amide bonds. The lowest BCUT2D eigenvalue weighted by atomic mass is 9.79. The third-order valence-corrected chi connectivity index (χ3v) is 5.50. The predicted molar refractivity (Wildman–Crippen MR) is 75.7 cm³/mol. The molecule has 2 saturated heterocycles. The van der Waals surface area contributed by atoms with E-state index in [1.54, 1.807) is 0 Å². The average molecular weight is 265 g/mol. The first-order valence-electron chi connectivity index (χ1n) is 7.93. The van der Waals surface area contributed by atoms with Crippen LogP contribution in [-0.4, -0.2) is 43.0 Å². The molecular formula is C15H27N3O. The van der Waals surface area contributed by atoms with Crippen LogP contribution in [0.1, 0.15) is 44.9 Å². The Bertz CT molecular complexity index is 338. The van der Waals surface area contributed by atoms with Gasteiger partial charge in [-0.1, -0.05) is 6.42 Å². The van der Waals surface area contributed by atoms with Crippen LogP contribution in [-0.2, 0) is 4.79 Å². The summed E-state index contributed by atoms with van der Waals surface area (Å²) in [6.07, 6.45) is 7.83. The molecule has 0 aromatic rings. The number of nitrogens with one attached hydrogen (secondary N) is 1. The van der Waals surface area contributed by atoms with Crippen LogP contribution in [0, 0.1) is 11.3 Å². The molecule has 3 rings (SSSR count). The number of carbonyl (C=O) groups excluding carboxylic acids is 1. The molecule has 1 unspecified atom stereocenters. The Morgan fingerprint density at radius 2 is 2.21 bits per heavy atom. The second-order valence-electron chi connectivity index (χ2n) is 6.90. The Kier molecular flexibility index (Phi) is 3.81. The standard InChI is InChI=1S/C15H27N3O/c16-13-4-1-3-12(13)9-14(19)18-8-2-5-15(11-18)6-7-17-10-15/h12-13,17H,1-11,16H2/t12-,13+,15?/m0/s1. The molecule has 3 fully saturated rings. The summed E-state index contributed by atoms with van der Waals surface area (Å²) >= 11 is 0. The molecule has 3 aliphatic rings. The Labute approximate surface area is 116 Å². The smallest absolute Gasteiger partial charge is 0.222 e. The Morgan fingerprint density at radius 1 is 1.32 bits per heavy atom. The first-order chi connectivity index (χ1) is 9.19. The van der Waals surface area contributed by atoms with Crippen LogP contribution in [0.15, 0.2) is 0 Å². The largest absolute Gasteiger partial charge is 0.342 e. The van der Waals surface area contributed by atoms with Gasteiger partial charge in [0.1, 0.15) is 0 Å². The molecule has 19 heavy (non-hydrogen) atoms. The third-order valence-electron chi connectivity index (χ3n) is 5.50. The van der Waals surface area contributed by atoms with E-state index in [2.05, 4.69) is 10.2 Å². The lowest BCUT2D eigenvalue weighted by Gasteiger charge is -2.40. The molecule has 3 atom stereocenters. The highest BCUT2D eigenvalue weighted by Crippen LogP contribution is 2.36. The SMILES string of the molecule is N[C@@H]1CCC[C@H]1CC(=O)N1CCCC2(CCNC2)C1. The molecule has 0 aromatic heterocycles. The monoisotopic (exact) mass is 265 g/mol. The van der Waals surface area contributed by atoms with Crippen molar-refractivity contribution >= 4 is 5.91 Å². The van der Waals surface area contributed by atoms with E-state index in [1.165, 1.54) is 25.7 Å². The summed E-state index contributed by atoms with van der Waals surface area (Å²) in [6.45, 7) is 4.15. The Hall–Kier alpha value is -0.610. The van der Waals surface area contributed by atoms with Gasteiger partial charge in [0.25, 0.3) is 0 Å². The quantitative estimate of drug-likeness (QED) is 0.786. The van der Waals surface area contributed by atoms with Crippen molar-refractivity contribution in [2.45, 2.75) is 51.0 Å². The summed E-state index contributed by atoms with van der Waals surface area (Å²) in [7, 11) is 0. The number of nitrogens with zero attached hydrogens (tertiary/aromatic N) is 1. The molecule has 2 heterocycles. The second kappa shape index (κ2) is 5.41. The molecule has 1 saturated carbocycles. The number of hydrogen-bond acceptors (Lipinski definition) is 3. The van der Waals surface area contributed by atoms with Crippen molar-refractivity contribution in [2.75, 3.05) is 26.2 Å². The number of piperidine rings is 1. The summed E-state index contributed by atoms with van der Waals surface area (Å²) in [6, 6.07) is 0.260. The fourth-order valence-electron chi connectivity index (χ4n) is 4.24. The van der Waals surface area contributed by atoms with Gasteiger partial charge in [0, 0.05) is 37.5 Å². The van der Waals surface area contributed by atoms with E-state index < -0.39 is 0 Å². The topological polar surface area (TPSA) is 58.4 Å². The van der Waals surface area contributed by atoms with Gasteiger partial charge in [-0.05, 0) is 44.6 Å². The van der Waals surface area contributed by atoms with Crippen LogP contribution < -0.4 is 11.1 Å². The average Bonchev–Trinajstić information content (AvgIpc) is 3.00. The van der Waals surface area contributed by atoms with E-state index in [4.69, 9.17) is 5.73 Å². The predicted octanol–water partition coefficient (Wildman–Crippen LogP) is 1.11. The summed E-state index contributed by atoms with van der Waals surface area (Å²) < 4.78 is 0. The molecule has 4 heteroatoms. The van der Waals surface area contributed by atoms with E-state index in [-0.39, 0.29) is 6.04 Å². The normalized spacial score (nSPS) is 39.1. The van der Waals surface area contributed by atoms with Crippen LogP contribution in [0.25, 0.3) is 0 Å². The number of hydrogen-bond donors (Lipinski definition) is 2. The number of amides is 1. The van der Waals surface area contributed by atoms with E-state index in [0.29, 0.717) is 23.7 Å². The highest BCUT2D eigenvalue weighted by molar-refractivity contribution is 5.76. The van der Waals surface area contributed by atoms with Crippen molar-refractivity contribution in [1.29, 1.82) is 0 Å². The summed E-state index contributed by atoms with van der Waals surface area (Å²) in [5.74, 6) is 0.792. The molecule has 0 radical (unpaired) electrons. The second-order valence-corrected chi connectivity index (χ2v) is 6.90. The molecule has 0 aromatic carbocycles. The number of likely N-dealkylation sites (tertiary alicyclic amines) is 1. The van der Waals surface area contributed by atoms with Crippen molar-refractivity contribution in [3.63, 3.8) is 0 Å². The zero-order valence-electron chi connectivity index (χ0n) is 11.9. The molecule has 4 nitrogen and oxygen atoms in total. The molecule has 0 bridgehead atoms. The van der Waals surface area contributed by atoms with Gasteiger partial charge in [0.05, 0.1) is 0 Å². The maximum atomic E-state index is 12.5. The molecule has 3 N–H and O–H groups in total. The highest BCUT2D eigenvalue weighted by atomic mass is 16.2. The Balaban J connectivity index is 1.57. The van der Waals surface area contributed by atoms with E-state index in [9.17, 15) is 4.79 Å². The first kappa shape index (κ1) is 13.4. The van der Waals surface area contributed by atoms with Crippen LogP contribution in [0.5, 0.6) is 0 Å². The minimum Gasteiger partial charge on any atom is -0.342 e. The molecule has 108 valence electrons. The lowest BCUT2D eigenvalue weighted by Crippen LogP contribution is -2.47. The van der Waals surface area contributed by atoms with E-state index >= 15 is 0 Å². The van der Waals surface area contributed by atoms with Gasteiger partial charge < -0.3 is 16.0 Å². The fourth-order valence-corrected chi connectivity index (χ4v) is 4.24. The lowest BCUT2D eigenvalue weighted by molar-refractivity contribution is -0.135. The fraction of sp³-hybridized carbons (Fsp3) is 0.933. The van der Waals surface area contributed by atoms with Gasteiger partial charge in [-0.15, -0.1) is 0 Å². The van der Waals surface area contributed by atoms with Gasteiger partial charge in [-0.2, -0.15) is 0 Å². The van der Waals surface area contributed by atoms with Crippen molar-refractivity contribution in [1.82, 2.24) is 10.2 Å². The zero-order chi connectivity index (χ0) is 13.3. The minimum absolute atomic E-state index is 0.260. The number of rotatable bonds is 2. The van der Waals surface area contributed by atoms with Crippen LogP contribution in [0.3, 0.4) is 0 Å². The molecular weight excluding hydrogens is 238 g/mol. The van der Waals surface area contributed by atoms with Gasteiger partial charge in [-0.3, -0.25) is 4.79 Å². The zero-order valence-corrected chi connectivity index (χ0v) is 11.9. The van der Waals surface area contributed by atoms with Crippen molar-refractivity contribution in [3.8, 4) is 0 Å². The number of nitrogens with two attached hydrogens (primary N) is 1. The van der Waals surface area contributed by atoms with E-state index in [1.807, 2.05) is 0 Å². The summed E-state index contributed by atoms with van der Waals surface area (Å²) in [5, 5.41) is 3.46. The first-order valence-corrected chi connectivity index (χ1v) is 7.93. The van der Waals surface area contributed by atoms with Crippen molar-refractivity contribution in [2.24, 2.45) is 17.1 Å². The highest BCUT2D eigenvalue weighted by Gasteiger charge is 2.39. The molecule has 1 aliphatic carbocycles.